The highest BCUT2D eigenvalue weighted by atomic mass is 16.4. The van der Waals surface area contributed by atoms with Gasteiger partial charge in [0, 0.05) is 19.9 Å². The Morgan fingerprint density at radius 1 is 1.22 bits per heavy atom. The number of hydrogen-bond acceptors (Lipinski definition) is 3. The van der Waals surface area contributed by atoms with Crippen molar-refractivity contribution in [3.05, 3.63) is 35.4 Å². The number of aliphatic carboxylic acids is 1. The van der Waals surface area contributed by atoms with E-state index in [0.717, 1.165) is 23.0 Å². The van der Waals surface area contributed by atoms with Crippen molar-refractivity contribution in [1.29, 1.82) is 0 Å². The Kier molecular flexibility index (Phi) is 3.14. The average molecular weight is 247 g/mol. The second-order valence-electron chi connectivity index (χ2n) is 4.32. The summed E-state index contributed by atoms with van der Waals surface area (Å²) in [5.74, 6) is -2.46. The summed E-state index contributed by atoms with van der Waals surface area (Å²) in [6.07, 6.45) is 0.241. The molecule has 0 bridgehead atoms. The van der Waals surface area contributed by atoms with Crippen molar-refractivity contribution in [3.8, 4) is 0 Å². The maximum Gasteiger partial charge on any atom is 0.326 e. The van der Waals surface area contributed by atoms with Gasteiger partial charge in [-0.05, 0) is 11.1 Å². The third-order valence-electron chi connectivity index (χ3n) is 3.10. The number of hydrogen-bond donors (Lipinski definition) is 1. The van der Waals surface area contributed by atoms with E-state index < -0.39 is 23.7 Å². The summed E-state index contributed by atoms with van der Waals surface area (Å²) in [6.45, 7) is 1.33. The summed E-state index contributed by atoms with van der Waals surface area (Å²) in [6, 6.07) is 6.39. The van der Waals surface area contributed by atoms with E-state index >= 15 is 0 Å². The van der Waals surface area contributed by atoms with Crippen LogP contribution in [0.4, 0.5) is 0 Å². The zero-order valence-corrected chi connectivity index (χ0v) is 9.92. The second kappa shape index (κ2) is 4.60. The molecule has 5 heteroatoms. The van der Waals surface area contributed by atoms with Crippen LogP contribution >= 0.6 is 0 Å². The number of rotatable bonds is 2. The number of carbonyl (C=O) groups excluding carboxylic acids is 2. The monoisotopic (exact) mass is 247 g/mol. The van der Waals surface area contributed by atoms with Gasteiger partial charge in [-0.3, -0.25) is 9.59 Å². The zero-order chi connectivity index (χ0) is 13.3. The Balaban J connectivity index is 2.37. The van der Waals surface area contributed by atoms with E-state index in [-0.39, 0.29) is 13.0 Å². The fraction of sp³-hybridized carbons (Fsp3) is 0.308. The summed E-state index contributed by atoms with van der Waals surface area (Å²) in [5.41, 5.74) is 1.81. The Labute approximate surface area is 104 Å². The molecule has 0 saturated heterocycles. The van der Waals surface area contributed by atoms with E-state index in [9.17, 15) is 14.4 Å². The first-order valence-corrected chi connectivity index (χ1v) is 5.62. The van der Waals surface area contributed by atoms with Crippen LogP contribution in [-0.4, -0.2) is 33.7 Å². The largest absolute Gasteiger partial charge is 0.480 e. The molecular formula is C13H13NO4. The normalized spacial score (nSPS) is 18.1. The number of nitrogens with zero attached hydrogens (tertiary/aromatic N) is 1. The lowest BCUT2D eigenvalue weighted by Crippen LogP contribution is -2.50. The third kappa shape index (κ3) is 2.11. The predicted molar refractivity (Wildman–Crippen MR) is 62.8 cm³/mol. The molecule has 0 saturated carbocycles. The van der Waals surface area contributed by atoms with Crippen molar-refractivity contribution in [2.75, 3.05) is 0 Å². The van der Waals surface area contributed by atoms with E-state index in [1.165, 1.54) is 0 Å². The molecule has 1 amide bonds. The van der Waals surface area contributed by atoms with Gasteiger partial charge in [0.15, 0.2) is 0 Å². The highest BCUT2D eigenvalue weighted by Gasteiger charge is 2.35. The number of benzene rings is 1. The second-order valence-corrected chi connectivity index (χ2v) is 4.32. The van der Waals surface area contributed by atoms with E-state index in [4.69, 9.17) is 5.11 Å². The number of ketones is 1. The van der Waals surface area contributed by atoms with Crippen LogP contribution in [-0.2, 0) is 27.3 Å². The van der Waals surface area contributed by atoms with Crippen molar-refractivity contribution in [1.82, 2.24) is 4.90 Å². The van der Waals surface area contributed by atoms with Gasteiger partial charge in [0.1, 0.15) is 6.04 Å². The molecule has 1 atom stereocenters. The first-order valence-electron chi connectivity index (χ1n) is 5.62. The van der Waals surface area contributed by atoms with Crippen molar-refractivity contribution in [2.24, 2.45) is 0 Å². The lowest BCUT2D eigenvalue weighted by atomic mass is 9.93. The number of carboxylic acids is 1. The van der Waals surface area contributed by atoms with Gasteiger partial charge in [0.2, 0.25) is 5.78 Å². The highest BCUT2D eigenvalue weighted by molar-refractivity contribution is 6.35. The number of fused-ring (bicyclic) bond motifs is 1. The van der Waals surface area contributed by atoms with Crippen LogP contribution in [0.3, 0.4) is 0 Å². The van der Waals surface area contributed by atoms with Crippen molar-refractivity contribution in [3.63, 3.8) is 0 Å². The lowest BCUT2D eigenvalue weighted by Gasteiger charge is -2.33. The fourth-order valence-corrected chi connectivity index (χ4v) is 2.16. The van der Waals surface area contributed by atoms with Crippen LogP contribution in [0.15, 0.2) is 24.3 Å². The van der Waals surface area contributed by atoms with E-state index in [0.29, 0.717) is 0 Å². The van der Waals surface area contributed by atoms with Crippen LogP contribution in [0.2, 0.25) is 0 Å². The molecule has 0 aliphatic carbocycles. The minimum absolute atomic E-state index is 0.172. The van der Waals surface area contributed by atoms with Gasteiger partial charge in [-0.1, -0.05) is 24.3 Å². The van der Waals surface area contributed by atoms with Crippen molar-refractivity contribution in [2.45, 2.75) is 25.9 Å². The molecule has 0 fully saturated rings. The molecule has 1 heterocycles. The molecule has 1 aromatic carbocycles. The smallest absolute Gasteiger partial charge is 0.326 e. The summed E-state index contributed by atoms with van der Waals surface area (Å²) in [4.78, 5) is 35.2. The molecule has 0 spiro atoms. The standard InChI is InChI=1S/C13H13NO4/c1-8(15)12(16)14-7-10-5-3-2-4-9(10)6-11(14)13(17)18/h2-5,11H,6-7H2,1H3,(H,17,18). The average Bonchev–Trinajstić information content (AvgIpc) is 2.36. The molecule has 1 N–H and O–H groups in total. The Hall–Kier alpha value is -2.17. The van der Waals surface area contributed by atoms with Crippen molar-refractivity contribution >= 4 is 17.7 Å². The first-order chi connectivity index (χ1) is 8.50. The van der Waals surface area contributed by atoms with Gasteiger partial charge < -0.3 is 10.0 Å². The van der Waals surface area contributed by atoms with Crippen LogP contribution in [0, 0.1) is 0 Å². The van der Waals surface area contributed by atoms with Gasteiger partial charge in [-0.2, -0.15) is 0 Å². The lowest BCUT2D eigenvalue weighted by molar-refractivity contribution is -0.154. The Morgan fingerprint density at radius 2 is 1.83 bits per heavy atom. The maximum absolute atomic E-state index is 11.7. The SMILES string of the molecule is CC(=O)C(=O)N1Cc2ccccc2CC1C(=O)O. The van der Waals surface area contributed by atoms with Gasteiger partial charge >= 0.3 is 5.97 Å². The topological polar surface area (TPSA) is 74.7 Å². The van der Waals surface area contributed by atoms with Crippen molar-refractivity contribution < 1.29 is 19.5 Å². The van der Waals surface area contributed by atoms with E-state index in [1.807, 2.05) is 24.3 Å². The van der Waals surface area contributed by atoms with E-state index in [1.54, 1.807) is 0 Å². The minimum atomic E-state index is -1.08. The molecule has 2 rings (SSSR count). The summed E-state index contributed by atoms with van der Waals surface area (Å²) in [5, 5.41) is 9.16. The molecule has 5 nitrogen and oxygen atoms in total. The summed E-state index contributed by atoms with van der Waals surface area (Å²) >= 11 is 0. The minimum Gasteiger partial charge on any atom is -0.480 e. The highest BCUT2D eigenvalue weighted by Crippen LogP contribution is 2.23. The summed E-state index contributed by atoms with van der Waals surface area (Å²) in [7, 11) is 0. The molecule has 94 valence electrons. The molecule has 1 aliphatic rings. The third-order valence-corrected chi connectivity index (χ3v) is 3.10. The number of carbonyl (C=O) groups is 3. The quantitative estimate of drug-likeness (QED) is 0.777. The van der Waals surface area contributed by atoms with Gasteiger partial charge in [0.25, 0.3) is 5.91 Å². The zero-order valence-electron chi connectivity index (χ0n) is 9.92. The van der Waals surface area contributed by atoms with Crippen LogP contribution in [0.25, 0.3) is 0 Å². The number of carboxylic acid groups (broad SMARTS) is 1. The van der Waals surface area contributed by atoms with Gasteiger partial charge in [-0.25, -0.2) is 4.79 Å². The van der Waals surface area contributed by atoms with E-state index in [2.05, 4.69) is 0 Å². The molecular weight excluding hydrogens is 234 g/mol. The van der Waals surface area contributed by atoms with Gasteiger partial charge in [0.05, 0.1) is 0 Å². The first kappa shape index (κ1) is 12.3. The Bertz CT molecular complexity index is 523. The predicted octanol–water partition coefficient (Wildman–Crippen LogP) is 0.614. The van der Waals surface area contributed by atoms with Crippen LogP contribution in [0.1, 0.15) is 18.1 Å². The number of amides is 1. The maximum atomic E-state index is 11.7. The van der Waals surface area contributed by atoms with Crippen LogP contribution < -0.4 is 0 Å². The van der Waals surface area contributed by atoms with Gasteiger partial charge in [-0.15, -0.1) is 0 Å². The summed E-state index contributed by atoms with van der Waals surface area (Å²) < 4.78 is 0. The molecule has 0 aromatic heterocycles. The molecule has 1 unspecified atom stereocenters. The molecule has 1 aliphatic heterocycles. The molecule has 0 radical (unpaired) electrons. The molecule has 18 heavy (non-hydrogen) atoms. The number of Topliss-reactive ketones (excluding diaryl/α,β-unsaturated/α-hetero) is 1. The van der Waals surface area contributed by atoms with Crippen LogP contribution in [0.5, 0.6) is 0 Å². The fourth-order valence-electron chi connectivity index (χ4n) is 2.16. The Morgan fingerprint density at radius 3 is 2.39 bits per heavy atom. The molecule has 1 aromatic rings.